The predicted octanol–water partition coefficient (Wildman–Crippen LogP) is 6.73. The third-order valence-electron chi connectivity index (χ3n) is 9.09. The SMILES string of the molecule is C1CCC(C23CC4CC(C2)CC(C2CCCCC2)(C4)C3)CC1. The Bertz CT molecular complexity index is 360. The van der Waals surface area contributed by atoms with Crippen molar-refractivity contribution in [3.63, 3.8) is 0 Å². The Kier molecular flexibility index (Phi) is 3.42. The Morgan fingerprint density at radius 2 is 0.909 bits per heavy atom. The Labute approximate surface area is 137 Å². The number of rotatable bonds is 2. The first-order valence-electron chi connectivity index (χ1n) is 10.8. The Balaban J connectivity index is 1.45. The lowest BCUT2D eigenvalue weighted by Gasteiger charge is -2.67. The second kappa shape index (κ2) is 5.25. The molecule has 6 saturated carbocycles. The van der Waals surface area contributed by atoms with Gasteiger partial charge in [0.1, 0.15) is 0 Å². The highest BCUT2D eigenvalue weighted by molar-refractivity contribution is 5.11. The van der Waals surface area contributed by atoms with E-state index in [1.807, 2.05) is 0 Å². The minimum atomic E-state index is 0.835. The van der Waals surface area contributed by atoms with Gasteiger partial charge >= 0.3 is 0 Å². The molecule has 0 saturated heterocycles. The van der Waals surface area contributed by atoms with Crippen LogP contribution in [0.4, 0.5) is 0 Å². The summed E-state index contributed by atoms with van der Waals surface area (Å²) in [7, 11) is 0. The molecule has 0 radical (unpaired) electrons. The van der Waals surface area contributed by atoms with E-state index in [0.717, 1.165) is 34.5 Å². The van der Waals surface area contributed by atoms with Crippen LogP contribution in [-0.4, -0.2) is 0 Å². The summed E-state index contributed by atoms with van der Waals surface area (Å²) in [6.45, 7) is 0. The van der Waals surface area contributed by atoms with E-state index in [1.54, 1.807) is 89.9 Å². The van der Waals surface area contributed by atoms with Gasteiger partial charge in [0.2, 0.25) is 0 Å². The molecule has 4 bridgehead atoms. The molecule has 0 aromatic carbocycles. The maximum Gasteiger partial charge on any atom is -0.0259 e. The Morgan fingerprint density at radius 1 is 0.500 bits per heavy atom. The van der Waals surface area contributed by atoms with E-state index < -0.39 is 0 Å². The van der Waals surface area contributed by atoms with Crippen molar-refractivity contribution in [2.24, 2.45) is 34.5 Å². The fraction of sp³-hybridized carbons (Fsp3) is 1.00. The molecule has 0 unspecified atom stereocenters. The average molecular weight is 301 g/mol. The molecule has 0 amide bonds. The molecule has 0 heterocycles. The van der Waals surface area contributed by atoms with Crippen LogP contribution in [0.15, 0.2) is 0 Å². The minimum Gasteiger partial charge on any atom is -0.0533 e. The zero-order valence-electron chi connectivity index (χ0n) is 14.6. The van der Waals surface area contributed by atoms with Gasteiger partial charge in [0, 0.05) is 0 Å². The minimum absolute atomic E-state index is 0.835. The van der Waals surface area contributed by atoms with Crippen molar-refractivity contribution in [1.29, 1.82) is 0 Å². The van der Waals surface area contributed by atoms with Crippen LogP contribution < -0.4 is 0 Å². The van der Waals surface area contributed by atoms with E-state index in [1.165, 1.54) is 12.8 Å². The zero-order valence-corrected chi connectivity index (χ0v) is 14.6. The number of hydrogen-bond acceptors (Lipinski definition) is 0. The summed E-state index contributed by atoms with van der Waals surface area (Å²) >= 11 is 0. The monoisotopic (exact) mass is 300 g/mol. The van der Waals surface area contributed by atoms with Crippen LogP contribution in [0.5, 0.6) is 0 Å². The van der Waals surface area contributed by atoms with Crippen molar-refractivity contribution in [3.05, 3.63) is 0 Å². The lowest BCUT2D eigenvalue weighted by atomic mass is 9.38. The quantitative estimate of drug-likeness (QED) is 0.530. The van der Waals surface area contributed by atoms with Gasteiger partial charge in [-0.3, -0.25) is 0 Å². The molecular formula is C22H36. The fourth-order valence-electron chi connectivity index (χ4n) is 8.79. The van der Waals surface area contributed by atoms with E-state index in [0.29, 0.717) is 0 Å². The lowest BCUT2D eigenvalue weighted by molar-refractivity contribution is -0.167. The van der Waals surface area contributed by atoms with Gasteiger partial charge in [-0.25, -0.2) is 0 Å². The van der Waals surface area contributed by atoms with Crippen molar-refractivity contribution >= 4 is 0 Å². The average Bonchev–Trinajstić information content (AvgIpc) is 2.55. The van der Waals surface area contributed by atoms with Gasteiger partial charge in [0.05, 0.1) is 0 Å². The van der Waals surface area contributed by atoms with Gasteiger partial charge < -0.3 is 0 Å². The van der Waals surface area contributed by atoms with Crippen molar-refractivity contribution in [1.82, 2.24) is 0 Å². The van der Waals surface area contributed by atoms with Crippen LogP contribution in [-0.2, 0) is 0 Å². The van der Waals surface area contributed by atoms with Crippen molar-refractivity contribution in [2.75, 3.05) is 0 Å². The molecule has 6 aliphatic rings. The summed E-state index contributed by atoms with van der Waals surface area (Å²) in [6.07, 6.45) is 25.6. The summed E-state index contributed by atoms with van der Waals surface area (Å²) in [5.74, 6) is 4.56. The van der Waals surface area contributed by atoms with Crippen LogP contribution in [0.3, 0.4) is 0 Å². The maximum atomic E-state index is 1.68. The molecule has 0 N–H and O–H groups in total. The summed E-state index contributed by atoms with van der Waals surface area (Å²) in [5.41, 5.74) is 1.67. The highest BCUT2D eigenvalue weighted by Gasteiger charge is 2.61. The van der Waals surface area contributed by atoms with E-state index in [4.69, 9.17) is 0 Å². The van der Waals surface area contributed by atoms with Crippen molar-refractivity contribution < 1.29 is 0 Å². The first-order valence-corrected chi connectivity index (χ1v) is 10.8. The van der Waals surface area contributed by atoms with E-state index >= 15 is 0 Å². The molecule has 0 atom stereocenters. The normalized spacial score (nSPS) is 49.6. The smallest absolute Gasteiger partial charge is 0.0259 e. The van der Waals surface area contributed by atoms with Crippen LogP contribution >= 0.6 is 0 Å². The van der Waals surface area contributed by atoms with Gasteiger partial charge in [0.25, 0.3) is 0 Å². The molecule has 0 spiro atoms. The number of hydrogen-bond donors (Lipinski definition) is 0. The van der Waals surface area contributed by atoms with Crippen LogP contribution in [0.2, 0.25) is 0 Å². The van der Waals surface area contributed by atoms with E-state index in [9.17, 15) is 0 Å². The molecule has 0 heteroatoms. The van der Waals surface area contributed by atoms with Gasteiger partial charge in [-0.2, -0.15) is 0 Å². The van der Waals surface area contributed by atoms with Crippen molar-refractivity contribution in [3.8, 4) is 0 Å². The standard InChI is InChI=1S/C22H36/c1-3-7-19(8-4-1)21-12-17-11-18(13-21)15-22(14-17,16-21)20-9-5-2-6-10-20/h17-20H,1-16H2. The first kappa shape index (κ1) is 14.4. The third kappa shape index (κ3) is 2.15. The molecule has 0 aromatic rings. The van der Waals surface area contributed by atoms with E-state index in [-0.39, 0.29) is 0 Å². The molecular weight excluding hydrogens is 264 g/mol. The Morgan fingerprint density at radius 3 is 1.32 bits per heavy atom. The predicted molar refractivity (Wildman–Crippen MR) is 92.7 cm³/mol. The molecule has 22 heavy (non-hydrogen) atoms. The molecule has 0 aromatic heterocycles. The molecule has 6 fully saturated rings. The van der Waals surface area contributed by atoms with Gasteiger partial charge in [0.15, 0.2) is 0 Å². The topological polar surface area (TPSA) is 0 Å². The lowest BCUT2D eigenvalue weighted by Crippen LogP contribution is -2.57. The fourth-order valence-corrected chi connectivity index (χ4v) is 8.79. The maximum absolute atomic E-state index is 1.68. The summed E-state index contributed by atoms with van der Waals surface area (Å²) in [5, 5.41) is 0. The zero-order chi connectivity index (χ0) is 14.6. The highest BCUT2D eigenvalue weighted by Crippen LogP contribution is 2.71. The van der Waals surface area contributed by atoms with Crippen molar-refractivity contribution in [2.45, 2.75) is 103 Å². The van der Waals surface area contributed by atoms with Gasteiger partial charge in [-0.1, -0.05) is 38.5 Å². The van der Waals surface area contributed by atoms with E-state index in [2.05, 4.69) is 0 Å². The largest absolute Gasteiger partial charge is 0.0533 e. The molecule has 0 nitrogen and oxygen atoms in total. The Hall–Kier alpha value is 0. The summed E-state index contributed by atoms with van der Waals surface area (Å²) < 4.78 is 0. The van der Waals surface area contributed by atoms with Gasteiger partial charge in [-0.05, 0) is 98.7 Å². The van der Waals surface area contributed by atoms with Crippen LogP contribution in [0.25, 0.3) is 0 Å². The molecule has 6 rings (SSSR count). The van der Waals surface area contributed by atoms with Crippen LogP contribution in [0, 0.1) is 34.5 Å². The molecule has 6 aliphatic carbocycles. The molecule has 0 aliphatic heterocycles. The van der Waals surface area contributed by atoms with Gasteiger partial charge in [-0.15, -0.1) is 0 Å². The summed E-state index contributed by atoms with van der Waals surface area (Å²) in [4.78, 5) is 0. The second-order valence-electron chi connectivity index (χ2n) is 10.4. The second-order valence-corrected chi connectivity index (χ2v) is 10.4. The summed E-state index contributed by atoms with van der Waals surface area (Å²) in [6, 6.07) is 0. The third-order valence-corrected chi connectivity index (χ3v) is 9.09. The molecule has 124 valence electrons. The highest BCUT2D eigenvalue weighted by atomic mass is 14.7. The van der Waals surface area contributed by atoms with Crippen LogP contribution in [0.1, 0.15) is 103 Å². The first-order chi connectivity index (χ1) is 10.8.